The van der Waals surface area contributed by atoms with Gasteiger partial charge in [-0.2, -0.15) is 0 Å². The van der Waals surface area contributed by atoms with Crippen molar-refractivity contribution in [2.45, 2.75) is 32.2 Å². The molecule has 0 spiro atoms. The van der Waals surface area contributed by atoms with Gasteiger partial charge in [0, 0.05) is 56.3 Å². The van der Waals surface area contributed by atoms with Gasteiger partial charge in [-0.1, -0.05) is 0 Å². The second-order valence-electron chi connectivity index (χ2n) is 6.69. The molecule has 3 aromatic rings. The first kappa shape index (κ1) is 15.1. The van der Waals surface area contributed by atoms with Crippen molar-refractivity contribution in [3.05, 3.63) is 52.1 Å². The quantitative estimate of drug-likeness (QED) is 0.791. The molecule has 1 N–H and O–H groups in total. The Labute approximate surface area is 139 Å². The van der Waals surface area contributed by atoms with Crippen molar-refractivity contribution in [2.75, 3.05) is 13.1 Å². The van der Waals surface area contributed by atoms with Crippen LogP contribution in [-0.2, 0) is 13.6 Å². The lowest BCUT2D eigenvalue weighted by Gasteiger charge is -2.32. The van der Waals surface area contributed by atoms with E-state index in [-0.39, 0.29) is 5.56 Å². The number of rotatable bonds is 3. The number of aromatic nitrogens is 5. The number of hydrogen-bond donors (Lipinski definition) is 1. The molecule has 126 valence electrons. The number of hydrogen-bond acceptors (Lipinski definition) is 4. The summed E-state index contributed by atoms with van der Waals surface area (Å²) in [6.07, 6.45) is 6.16. The summed E-state index contributed by atoms with van der Waals surface area (Å²) >= 11 is 0. The molecule has 0 aromatic carbocycles. The van der Waals surface area contributed by atoms with E-state index in [4.69, 9.17) is 0 Å². The van der Waals surface area contributed by atoms with E-state index in [0.717, 1.165) is 43.1 Å². The zero-order valence-corrected chi connectivity index (χ0v) is 14.1. The van der Waals surface area contributed by atoms with Crippen LogP contribution in [0.5, 0.6) is 0 Å². The van der Waals surface area contributed by atoms with Gasteiger partial charge >= 0.3 is 0 Å². The van der Waals surface area contributed by atoms with Crippen molar-refractivity contribution >= 4 is 5.65 Å². The fourth-order valence-corrected chi connectivity index (χ4v) is 3.65. The number of imidazole rings is 1. The number of nitrogens with zero attached hydrogens (tertiary/aromatic N) is 5. The van der Waals surface area contributed by atoms with Crippen molar-refractivity contribution in [2.24, 2.45) is 7.05 Å². The van der Waals surface area contributed by atoms with Crippen LogP contribution in [0.1, 0.15) is 36.0 Å². The highest BCUT2D eigenvalue weighted by molar-refractivity contribution is 5.39. The highest BCUT2D eigenvalue weighted by Crippen LogP contribution is 2.26. The normalized spacial score (nSPS) is 19.2. The van der Waals surface area contributed by atoms with Gasteiger partial charge in [0.1, 0.15) is 5.82 Å². The molecule has 1 aliphatic rings. The molecule has 0 bridgehead atoms. The van der Waals surface area contributed by atoms with Gasteiger partial charge in [0.05, 0.1) is 5.69 Å². The molecule has 7 heteroatoms. The lowest BCUT2D eigenvalue weighted by molar-refractivity contribution is 0.193. The fourth-order valence-electron chi connectivity index (χ4n) is 3.65. The van der Waals surface area contributed by atoms with Crippen molar-refractivity contribution in [3.63, 3.8) is 0 Å². The predicted octanol–water partition coefficient (Wildman–Crippen LogP) is 1.44. The number of aromatic amines is 1. The molecular weight excluding hydrogens is 304 g/mol. The third-order valence-corrected chi connectivity index (χ3v) is 4.75. The van der Waals surface area contributed by atoms with Gasteiger partial charge < -0.3 is 4.57 Å². The van der Waals surface area contributed by atoms with Crippen LogP contribution in [0.2, 0.25) is 0 Å². The van der Waals surface area contributed by atoms with Crippen LogP contribution >= 0.6 is 0 Å². The topological polar surface area (TPSA) is 71.2 Å². The van der Waals surface area contributed by atoms with Crippen LogP contribution in [0.4, 0.5) is 0 Å². The SMILES string of the molecule is Cc1cc2nc(CN3CCC[C@@H](c4nccn4C)C3)cc(=O)n2[nH]1. The molecule has 1 saturated heterocycles. The summed E-state index contributed by atoms with van der Waals surface area (Å²) in [7, 11) is 2.05. The van der Waals surface area contributed by atoms with Gasteiger partial charge in [-0.15, -0.1) is 0 Å². The lowest BCUT2D eigenvalue weighted by atomic mass is 9.97. The highest BCUT2D eigenvalue weighted by atomic mass is 16.1. The van der Waals surface area contributed by atoms with Gasteiger partial charge in [0.25, 0.3) is 5.56 Å². The Hall–Kier alpha value is -2.41. The van der Waals surface area contributed by atoms with E-state index in [9.17, 15) is 4.79 Å². The van der Waals surface area contributed by atoms with Crippen molar-refractivity contribution < 1.29 is 0 Å². The molecule has 3 aromatic heterocycles. The summed E-state index contributed by atoms with van der Waals surface area (Å²) < 4.78 is 3.60. The van der Waals surface area contributed by atoms with Crippen LogP contribution in [0.15, 0.2) is 29.3 Å². The Morgan fingerprint density at radius 1 is 1.38 bits per heavy atom. The third kappa shape index (κ3) is 2.75. The number of aryl methyl sites for hydroxylation is 2. The number of nitrogens with one attached hydrogen (secondary N) is 1. The first-order chi connectivity index (χ1) is 11.6. The first-order valence-corrected chi connectivity index (χ1v) is 8.38. The Morgan fingerprint density at radius 3 is 3.04 bits per heavy atom. The van der Waals surface area contributed by atoms with Crippen LogP contribution in [-0.4, -0.2) is 42.1 Å². The van der Waals surface area contributed by atoms with Crippen molar-refractivity contribution in [1.82, 2.24) is 29.0 Å². The summed E-state index contributed by atoms with van der Waals surface area (Å²) in [4.78, 5) is 23.7. The van der Waals surface area contributed by atoms with Gasteiger partial charge in [-0.3, -0.25) is 14.8 Å². The van der Waals surface area contributed by atoms with E-state index in [1.807, 2.05) is 32.4 Å². The van der Waals surface area contributed by atoms with Crippen molar-refractivity contribution in [1.29, 1.82) is 0 Å². The lowest BCUT2D eigenvalue weighted by Crippen LogP contribution is -2.35. The Bertz CT molecular complexity index is 921. The molecule has 0 aliphatic carbocycles. The Balaban J connectivity index is 1.54. The molecule has 0 radical (unpaired) electrons. The third-order valence-electron chi connectivity index (χ3n) is 4.75. The summed E-state index contributed by atoms with van der Waals surface area (Å²) in [6, 6.07) is 3.53. The Kier molecular flexibility index (Phi) is 3.72. The largest absolute Gasteiger partial charge is 0.338 e. The zero-order valence-electron chi connectivity index (χ0n) is 14.1. The number of likely N-dealkylation sites (tertiary alicyclic amines) is 1. The van der Waals surface area contributed by atoms with Crippen LogP contribution in [0.25, 0.3) is 5.65 Å². The van der Waals surface area contributed by atoms with Gasteiger partial charge in [0.2, 0.25) is 0 Å². The minimum absolute atomic E-state index is 0.0549. The molecule has 4 heterocycles. The fraction of sp³-hybridized carbons (Fsp3) is 0.471. The number of piperidine rings is 1. The smallest absolute Gasteiger partial charge is 0.272 e. The molecule has 4 rings (SSSR count). The predicted molar refractivity (Wildman–Crippen MR) is 91.0 cm³/mol. The number of H-pyrrole nitrogens is 1. The Morgan fingerprint density at radius 2 is 2.25 bits per heavy atom. The molecule has 1 atom stereocenters. The van der Waals surface area contributed by atoms with E-state index in [1.165, 1.54) is 4.52 Å². The summed E-state index contributed by atoms with van der Waals surface area (Å²) in [5.41, 5.74) is 2.40. The second kappa shape index (κ2) is 5.90. The van der Waals surface area contributed by atoms with E-state index in [1.54, 1.807) is 6.07 Å². The number of fused-ring (bicyclic) bond motifs is 1. The first-order valence-electron chi connectivity index (χ1n) is 8.38. The molecule has 0 saturated carbocycles. The average Bonchev–Trinajstić information content (AvgIpc) is 3.13. The highest BCUT2D eigenvalue weighted by Gasteiger charge is 2.24. The summed E-state index contributed by atoms with van der Waals surface area (Å²) in [5.74, 6) is 1.59. The molecular formula is C17H22N6O. The van der Waals surface area contributed by atoms with E-state index >= 15 is 0 Å². The molecule has 7 nitrogen and oxygen atoms in total. The van der Waals surface area contributed by atoms with E-state index in [0.29, 0.717) is 18.1 Å². The zero-order chi connectivity index (χ0) is 16.7. The standard InChI is InChI=1S/C17H22N6O/c1-12-8-15-19-14(9-16(24)23(15)20-12)11-22-6-3-4-13(10-22)17-18-5-7-21(17)2/h5,7-9,13,20H,3-4,6,10-11H2,1-2H3/t13-/m1/s1. The average molecular weight is 326 g/mol. The van der Waals surface area contributed by atoms with Crippen LogP contribution in [0.3, 0.4) is 0 Å². The van der Waals surface area contributed by atoms with Crippen molar-refractivity contribution in [3.8, 4) is 0 Å². The molecule has 24 heavy (non-hydrogen) atoms. The van der Waals surface area contributed by atoms with E-state index < -0.39 is 0 Å². The van der Waals surface area contributed by atoms with Gasteiger partial charge in [0.15, 0.2) is 5.65 Å². The molecule has 0 amide bonds. The minimum atomic E-state index is -0.0549. The monoisotopic (exact) mass is 326 g/mol. The maximum Gasteiger partial charge on any atom is 0.272 e. The second-order valence-corrected chi connectivity index (χ2v) is 6.69. The van der Waals surface area contributed by atoms with E-state index in [2.05, 4.69) is 24.5 Å². The minimum Gasteiger partial charge on any atom is -0.338 e. The molecule has 1 fully saturated rings. The van der Waals surface area contributed by atoms with Crippen LogP contribution < -0.4 is 5.56 Å². The van der Waals surface area contributed by atoms with Gasteiger partial charge in [-0.25, -0.2) is 14.5 Å². The molecule has 1 aliphatic heterocycles. The summed E-state index contributed by atoms with van der Waals surface area (Å²) in [5, 5.41) is 3.01. The van der Waals surface area contributed by atoms with Gasteiger partial charge in [-0.05, 0) is 26.3 Å². The molecule has 0 unspecified atom stereocenters. The van der Waals surface area contributed by atoms with Crippen LogP contribution in [0, 0.1) is 6.92 Å². The maximum absolute atomic E-state index is 12.2. The summed E-state index contributed by atoms with van der Waals surface area (Å²) in [6.45, 7) is 4.62. The maximum atomic E-state index is 12.2.